The van der Waals surface area contributed by atoms with E-state index >= 15 is 0 Å². The summed E-state index contributed by atoms with van der Waals surface area (Å²) in [6.45, 7) is 8.96. The molecular formula is C17H26O3. The molecule has 3 heteroatoms. The van der Waals surface area contributed by atoms with Crippen molar-refractivity contribution < 1.29 is 14.6 Å². The van der Waals surface area contributed by atoms with Crippen molar-refractivity contribution in [3.05, 3.63) is 29.8 Å². The van der Waals surface area contributed by atoms with Crippen LogP contribution in [0.3, 0.4) is 0 Å². The van der Waals surface area contributed by atoms with Crippen molar-refractivity contribution in [2.24, 2.45) is 11.8 Å². The summed E-state index contributed by atoms with van der Waals surface area (Å²) in [5.74, 6) is 0.288. The third-order valence-corrected chi connectivity index (χ3v) is 3.61. The fourth-order valence-electron chi connectivity index (χ4n) is 2.41. The molecule has 1 aromatic carbocycles. The van der Waals surface area contributed by atoms with Crippen LogP contribution in [0.2, 0.25) is 0 Å². The number of rotatable bonds is 8. The fourth-order valence-corrected chi connectivity index (χ4v) is 2.41. The van der Waals surface area contributed by atoms with Gasteiger partial charge in [-0.25, -0.2) is 0 Å². The van der Waals surface area contributed by atoms with Crippen LogP contribution >= 0.6 is 0 Å². The van der Waals surface area contributed by atoms with E-state index in [1.54, 1.807) is 0 Å². The van der Waals surface area contributed by atoms with Crippen LogP contribution in [0.5, 0.6) is 5.75 Å². The molecule has 1 N–H and O–H groups in total. The molecule has 1 unspecified atom stereocenters. The van der Waals surface area contributed by atoms with Gasteiger partial charge in [0.15, 0.2) is 0 Å². The van der Waals surface area contributed by atoms with Crippen LogP contribution in [-0.4, -0.2) is 17.7 Å². The first-order valence-corrected chi connectivity index (χ1v) is 7.45. The SMILES string of the molecule is CCC(CC)C(C(=O)O)c1ccc(OCC(C)C)cc1. The summed E-state index contributed by atoms with van der Waals surface area (Å²) in [5.41, 5.74) is 0.864. The molecule has 1 rings (SSSR count). The largest absolute Gasteiger partial charge is 0.493 e. The molecule has 0 aliphatic rings. The average molecular weight is 278 g/mol. The van der Waals surface area contributed by atoms with Gasteiger partial charge in [-0.15, -0.1) is 0 Å². The Balaban J connectivity index is 2.85. The van der Waals surface area contributed by atoms with Gasteiger partial charge in [-0.05, 0) is 29.5 Å². The highest BCUT2D eigenvalue weighted by molar-refractivity contribution is 5.76. The van der Waals surface area contributed by atoms with Crippen LogP contribution < -0.4 is 4.74 Å². The van der Waals surface area contributed by atoms with E-state index in [2.05, 4.69) is 13.8 Å². The zero-order chi connectivity index (χ0) is 15.1. The lowest BCUT2D eigenvalue weighted by Crippen LogP contribution is -2.20. The maximum atomic E-state index is 11.5. The molecule has 1 atom stereocenters. The van der Waals surface area contributed by atoms with E-state index in [1.807, 2.05) is 38.1 Å². The average Bonchev–Trinajstić information content (AvgIpc) is 2.42. The van der Waals surface area contributed by atoms with Crippen molar-refractivity contribution >= 4 is 5.97 Å². The van der Waals surface area contributed by atoms with Crippen LogP contribution in [0.1, 0.15) is 52.0 Å². The zero-order valence-electron chi connectivity index (χ0n) is 12.9. The molecule has 0 heterocycles. The summed E-state index contributed by atoms with van der Waals surface area (Å²) in [7, 11) is 0. The molecule has 0 spiro atoms. The second kappa shape index (κ2) is 7.93. The predicted molar refractivity (Wildman–Crippen MR) is 81.2 cm³/mol. The van der Waals surface area contributed by atoms with E-state index in [9.17, 15) is 9.90 Å². The third kappa shape index (κ3) is 4.55. The lowest BCUT2D eigenvalue weighted by atomic mass is 9.83. The number of hydrogen-bond acceptors (Lipinski definition) is 2. The highest BCUT2D eigenvalue weighted by Gasteiger charge is 2.27. The first-order chi connectivity index (χ1) is 9.49. The van der Waals surface area contributed by atoms with Crippen molar-refractivity contribution in [1.29, 1.82) is 0 Å². The summed E-state index contributed by atoms with van der Waals surface area (Å²) in [6, 6.07) is 7.51. The highest BCUT2D eigenvalue weighted by atomic mass is 16.5. The van der Waals surface area contributed by atoms with E-state index in [0.717, 1.165) is 24.2 Å². The maximum absolute atomic E-state index is 11.5. The Bertz CT molecular complexity index is 405. The normalized spacial score (nSPS) is 12.7. The molecule has 0 bridgehead atoms. The van der Waals surface area contributed by atoms with Crippen LogP contribution in [-0.2, 0) is 4.79 Å². The highest BCUT2D eigenvalue weighted by Crippen LogP contribution is 2.31. The van der Waals surface area contributed by atoms with Gasteiger partial charge in [-0.2, -0.15) is 0 Å². The molecule has 1 aromatic rings. The van der Waals surface area contributed by atoms with E-state index in [0.29, 0.717) is 12.5 Å². The van der Waals surface area contributed by atoms with Gasteiger partial charge >= 0.3 is 5.97 Å². The summed E-state index contributed by atoms with van der Waals surface area (Å²) in [6.07, 6.45) is 1.75. The zero-order valence-corrected chi connectivity index (χ0v) is 12.9. The molecule has 0 fully saturated rings. The van der Waals surface area contributed by atoms with Gasteiger partial charge in [0.2, 0.25) is 0 Å². The number of benzene rings is 1. The van der Waals surface area contributed by atoms with Crippen LogP contribution in [0, 0.1) is 11.8 Å². The number of carboxylic acid groups (broad SMARTS) is 1. The van der Waals surface area contributed by atoms with Gasteiger partial charge in [0.1, 0.15) is 5.75 Å². The number of ether oxygens (including phenoxy) is 1. The standard InChI is InChI=1S/C17H26O3/c1-5-13(6-2)16(17(18)19)14-7-9-15(10-8-14)20-11-12(3)4/h7-10,12-13,16H,5-6,11H2,1-4H3,(H,18,19). The minimum absolute atomic E-state index is 0.176. The minimum Gasteiger partial charge on any atom is -0.493 e. The Morgan fingerprint density at radius 3 is 2.10 bits per heavy atom. The number of carboxylic acids is 1. The predicted octanol–water partition coefficient (Wildman–Crippen LogP) is 4.33. The van der Waals surface area contributed by atoms with Crippen LogP contribution in [0.25, 0.3) is 0 Å². The molecule has 0 aliphatic heterocycles. The number of aliphatic carboxylic acids is 1. The number of hydrogen-bond donors (Lipinski definition) is 1. The van der Waals surface area contributed by atoms with Gasteiger partial charge < -0.3 is 9.84 Å². The molecular weight excluding hydrogens is 252 g/mol. The Morgan fingerprint density at radius 2 is 1.70 bits per heavy atom. The monoisotopic (exact) mass is 278 g/mol. The van der Waals surface area contributed by atoms with Crippen molar-refractivity contribution in [2.75, 3.05) is 6.61 Å². The maximum Gasteiger partial charge on any atom is 0.311 e. The molecule has 3 nitrogen and oxygen atoms in total. The van der Waals surface area contributed by atoms with Crippen molar-refractivity contribution in [3.63, 3.8) is 0 Å². The van der Waals surface area contributed by atoms with Crippen molar-refractivity contribution in [2.45, 2.75) is 46.5 Å². The van der Waals surface area contributed by atoms with Gasteiger partial charge in [0, 0.05) is 0 Å². The molecule has 0 saturated carbocycles. The summed E-state index contributed by atoms with van der Waals surface area (Å²) in [4.78, 5) is 11.5. The Kier molecular flexibility index (Phi) is 6.56. The van der Waals surface area contributed by atoms with E-state index in [1.165, 1.54) is 0 Å². The minimum atomic E-state index is -0.741. The Hall–Kier alpha value is -1.51. The fraction of sp³-hybridized carbons (Fsp3) is 0.588. The van der Waals surface area contributed by atoms with E-state index < -0.39 is 11.9 Å². The van der Waals surface area contributed by atoms with Crippen LogP contribution in [0.4, 0.5) is 0 Å². The first-order valence-electron chi connectivity index (χ1n) is 7.45. The summed E-state index contributed by atoms with van der Waals surface area (Å²) >= 11 is 0. The van der Waals surface area contributed by atoms with Crippen LogP contribution in [0.15, 0.2) is 24.3 Å². The van der Waals surface area contributed by atoms with Gasteiger partial charge in [-0.1, -0.05) is 52.7 Å². The van der Waals surface area contributed by atoms with Gasteiger partial charge in [0.25, 0.3) is 0 Å². The second-order valence-electron chi connectivity index (χ2n) is 5.67. The quantitative estimate of drug-likeness (QED) is 0.770. The second-order valence-corrected chi connectivity index (χ2v) is 5.67. The first kappa shape index (κ1) is 16.5. The van der Waals surface area contributed by atoms with E-state index in [4.69, 9.17) is 4.74 Å². The molecule has 0 radical (unpaired) electrons. The third-order valence-electron chi connectivity index (χ3n) is 3.61. The summed E-state index contributed by atoms with van der Waals surface area (Å²) in [5, 5.41) is 9.47. The molecule has 0 saturated heterocycles. The van der Waals surface area contributed by atoms with Gasteiger partial charge in [-0.3, -0.25) is 4.79 Å². The number of carbonyl (C=O) groups is 1. The van der Waals surface area contributed by atoms with Gasteiger partial charge in [0.05, 0.1) is 12.5 Å². The van der Waals surface area contributed by atoms with Crippen molar-refractivity contribution in [1.82, 2.24) is 0 Å². The molecule has 112 valence electrons. The lowest BCUT2D eigenvalue weighted by Gasteiger charge is -2.22. The van der Waals surface area contributed by atoms with E-state index in [-0.39, 0.29) is 5.92 Å². The summed E-state index contributed by atoms with van der Waals surface area (Å²) < 4.78 is 5.63. The molecule has 0 aliphatic carbocycles. The molecule has 20 heavy (non-hydrogen) atoms. The Labute approximate surface area is 122 Å². The topological polar surface area (TPSA) is 46.5 Å². The smallest absolute Gasteiger partial charge is 0.311 e. The molecule has 0 amide bonds. The van der Waals surface area contributed by atoms with Crippen molar-refractivity contribution in [3.8, 4) is 5.75 Å². The Morgan fingerprint density at radius 1 is 1.15 bits per heavy atom. The lowest BCUT2D eigenvalue weighted by molar-refractivity contribution is -0.140. The molecule has 0 aromatic heterocycles.